The van der Waals surface area contributed by atoms with Gasteiger partial charge in [0, 0.05) is 20.1 Å². The molecule has 0 radical (unpaired) electrons. The van der Waals surface area contributed by atoms with E-state index in [0.29, 0.717) is 0 Å². The second-order valence-corrected chi connectivity index (χ2v) is 6.64. The molecule has 3 heteroatoms. The predicted molar refractivity (Wildman–Crippen MR) is 84.6 cm³/mol. The summed E-state index contributed by atoms with van der Waals surface area (Å²) < 4.78 is 1.02. The van der Waals surface area contributed by atoms with Crippen LogP contribution in [0.15, 0.2) is 45.8 Å². The molecule has 0 aliphatic rings. The molecule has 2 aromatic carbocycles. The average molecular weight is 342 g/mol. The number of thioether (sulfide) groups is 1. The summed E-state index contributed by atoms with van der Waals surface area (Å²) in [5, 5.41) is 0.820. The minimum atomic E-state index is 0.820. The topological polar surface area (TPSA) is 0 Å². The molecule has 2 aromatic rings. The van der Waals surface area contributed by atoms with Crippen LogP contribution in [0.1, 0.15) is 16.7 Å². The Labute approximate surface area is 126 Å². The van der Waals surface area contributed by atoms with Crippen LogP contribution >= 0.6 is 39.3 Å². The molecule has 0 atom stereocenters. The zero-order valence-corrected chi connectivity index (χ0v) is 13.5. The Morgan fingerprint density at radius 1 is 1.06 bits per heavy atom. The SMILES string of the molecule is Cc1ccc(SCc2ccc(Br)cc2Cl)cc1C. The third kappa shape index (κ3) is 3.53. The summed E-state index contributed by atoms with van der Waals surface area (Å²) in [6.45, 7) is 4.28. The molecule has 0 heterocycles. The van der Waals surface area contributed by atoms with Crippen LogP contribution in [-0.4, -0.2) is 0 Å². The molecule has 0 aliphatic heterocycles. The highest BCUT2D eigenvalue weighted by Gasteiger charge is 2.03. The summed E-state index contributed by atoms with van der Waals surface area (Å²) in [6.07, 6.45) is 0. The fraction of sp³-hybridized carbons (Fsp3) is 0.200. The zero-order valence-electron chi connectivity index (χ0n) is 10.3. The van der Waals surface area contributed by atoms with Gasteiger partial charge >= 0.3 is 0 Å². The van der Waals surface area contributed by atoms with E-state index >= 15 is 0 Å². The monoisotopic (exact) mass is 340 g/mol. The maximum Gasteiger partial charge on any atom is 0.0457 e. The van der Waals surface area contributed by atoms with Crippen LogP contribution in [0.4, 0.5) is 0 Å². The molecule has 18 heavy (non-hydrogen) atoms. The van der Waals surface area contributed by atoms with Crippen LogP contribution in [-0.2, 0) is 5.75 Å². The third-order valence-corrected chi connectivity index (χ3v) is 4.78. The van der Waals surface area contributed by atoms with Crippen LogP contribution < -0.4 is 0 Å². The molecule has 0 fully saturated rings. The summed E-state index contributed by atoms with van der Waals surface area (Å²) in [5.41, 5.74) is 3.84. The highest BCUT2D eigenvalue weighted by Crippen LogP contribution is 2.29. The van der Waals surface area contributed by atoms with Gasteiger partial charge in [0.05, 0.1) is 0 Å². The lowest BCUT2D eigenvalue weighted by molar-refractivity contribution is 1.27. The van der Waals surface area contributed by atoms with E-state index in [0.717, 1.165) is 15.2 Å². The first-order valence-corrected chi connectivity index (χ1v) is 7.86. The average Bonchev–Trinajstić information content (AvgIpc) is 2.32. The van der Waals surface area contributed by atoms with E-state index in [2.05, 4.69) is 54.0 Å². The Bertz CT molecular complexity index is 566. The lowest BCUT2D eigenvalue weighted by atomic mass is 10.1. The first-order chi connectivity index (χ1) is 8.56. The van der Waals surface area contributed by atoms with Crippen molar-refractivity contribution in [1.29, 1.82) is 0 Å². The normalized spacial score (nSPS) is 10.7. The highest BCUT2D eigenvalue weighted by molar-refractivity contribution is 9.10. The fourth-order valence-electron chi connectivity index (χ4n) is 1.60. The number of halogens is 2. The van der Waals surface area contributed by atoms with E-state index in [-0.39, 0.29) is 0 Å². The first kappa shape index (κ1) is 14.0. The Morgan fingerprint density at radius 2 is 1.83 bits per heavy atom. The van der Waals surface area contributed by atoms with E-state index < -0.39 is 0 Å². The predicted octanol–water partition coefficient (Wildman–Crippen LogP) is 6.01. The molecule has 0 spiro atoms. The van der Waals surface area contributed by atoms with Gasteiger partial charge in [-0.25, -0.2) is 0 Å². The molecular weight excluding hydrogens is 328 g/mol. The lowest BCUT2D eigenvalue weighted by Gasteiger charge is -2.07. The molecule has 0 N–H and O–H groups in total. The Kier molecular flexibility index (Phi) is 4.77. The van der Waals surface area contributed by atoms with Crippen molar-refractivity contribution >= 4 is 39.3 Å². The standard InChI is InChI=1S/C15H14BrClS/c1-10-3-6-14(7-11(10)2)18-9-12-4-5-13(16)8-15(12)17/h3-8H,9H2,1-2H3. The molecule has 0 aliphatic carbocycles. The van der Waals surface area contributed by atoms with Crippen LogP contribution in [0, 0.1) is 13.8 Å². The Balaban J connectivity index is 2.09. The maximum absolute atomic E-state index is 6.21. The van der Waals surface area contributed by atoms with E-state index in [9.17, 15) is 0 Å². The number of hydrogen-bond acceptors (Lipinski definition) is 1. The van der Waals surface area contributed by atoms with Crippen molar-refractivity contribution in [2.45, 2.75) is 24.5 Å². The summed E-state index contributed by atoms with van der Waals surface area (Å²) in [7, 11) is 0. The van der Waals surface area contributed by atoms with Gasteiger partial charge in [-0.05, 0) is 54.8 Å². The smallest absolute Gasteiger partial charge is 0.0457 e. The Hall–Kier alpha value is -0.440. The molecule has 0 amide bonds. The third-order valence-electron chi connectivity index (χ3n) is 2.89. The lowest BCUT2D eigenvalue weighted by Crippen LogP contribution is -1.85. The van der Waals surface area contributed by atoms with Gasteiger partial charge < -0.3 is 0 Å². The molecular formula is C15H14BrClS. The van der Waals surface area contributed by atoms with Crippen LogP contribution in [0.5, 0.6) is 0 Å². The highest BCUT2D eigenvalue weighted by atomic mass is 79.9. The van der Waals surface area contributed by atoms with Crippen LogP contribution in [0.2, 0.25) is 5.02 Å². The molecule has 0 aromatic heterocycles. The molecule has 0 bridgehead atoms. The van der Waals surface area contributed by atoms with Crippen molar-refractivity contribution in [2.75, 3.05) is 0 Å². The number of hydrogen-bond donors (Lipinski definition) is 0. The number of aryl methyl sites for hydroxylation is 2. The second kappa shape index (κ2) is 6.14. The zero-order chi connectivity index (χ0) is 13.1. The van der Waals surface area contributed by atoms with Gasteiger partial charge in [0.15, 0.2) is 0 Å². The summed E-state index contributed by atoms with van der Waals surface area (Å²) in [5.74, 6) is 0.897. The quantitative estimate of drug-likeness (QED) is 0.616. The van der Waals surface area contributed by atoms with Crippen molar-refractivity contribution in [3.63, 3.8) is 0 Å². The summed E-state index contributed by atoms with van der Waals surface area (Å²) in [6, 6.07) is 12.6. The van der Waals surface area contributed by atoms with E-state index in [1.807, 2.05) is 23.9 Å². The van der Waals surface area contributed by atoms with Crippen molar-refractivity contribution in [3.8, 4) is 0 Å². The molecule has 0 saturated carbocycles. The van der Waals surface area contributed by atoms with E-state index in [1.54, 1.807) is 0 Å². The van der Waals surface area contributed by atoms with Crippen LogP contribution in [0.25, 0.3) is 0 Å². The van der Waals surface area contributed by atoms with Crippen molar-refractivity contribution in [2.24, 2.45) is 0 Å². The van der Waals surface area contributed by atoms with Crippen molar-refractivity contribution in [1.82, 2.24) is 0 Å². The number of rotatable bonds is 3. The summed E-state index contributed by atoms with van der Waals surface area (Å²) in [4.78, 5) is 1.29. The minimum absolute atomic E-state index is 0.820. The molecule has 94 valence electrons. The van der Waals surface area contributed by atoms with Gasteiger partial charge in [0.25, 0.3) is 0 Å². The minimum Gasteiger partial charge on any atom is -0.121 e. The molecule has 0 saturated heterocycles. The second-order valence-electron chi connectivity index (χ2n) is 4.27. The van der Waals surface area contributed by atoms with Gasteiger partial charge in [0.1, 0.15) is 0 Å². The molecule has 2 rings (SSSR count). The summed E-state index contributed by atoms with van der Waals surface area (Å²) >= 11 is 11.4. The fourth-order valence-corrected chi connectivity index (χ4v) is 3.42. The molecule has 0 unspecified atom stereocenters. The van der Waals surface area contributed by atoms with Gasteiger partial charge in [-0.3, -0.25) is 0 Å². The van der Waals surface area contributed by atoms with Gasteiger partial charge in [-0.1, -0.05) is 39.7 Å². The van der Waals surface area contributed by atoms with E-state index in [1.165, 1.54) is 21.6 Å². The van der Waals surface area contributed by atoms with Gasteiger partial charge in [0.2, 0.25) is 0 Å². The molecule has 0 nitrogen and oxygen atoms in total. The largest absolute Gasteiger partial charge is 0.121 e. The van der Waals surface area contributed by atoms with Crippen molar-refractivity contribution in [3.05, 3.63) is 62.6 Å². The van der Waals surface area contributed by atoms with Crippen molar-refractivity contribution < 1.29 is 0 Å². The van der Waals surface area contributed by atoms with Crippen LogP contribution in [0.3, 0.4) is 0 Å². The number of benzene rings is 2. The first-order valence-electron chi connectivity index (χ1n) is 5.70. The van der Waals surface area contributed by atoms with Gasteiger partial charge in [-0.15, -0.1) is 11.8 Å². The van der Waals surface area contributed by atoms with E-state index in [4.69, 9.17) is 11.6 Å². The van der Waals surface area contributed by atoms with Gasteiger partial charge in [-0.2, -0.15) is 0 Å². The Morgan fingerprint density at radius 3 is 2.50 bits per heavy atom. The maximum atomic E-state index is 6.21.